The molecule has 0 radical (unpaired) electrons. The number of nitrogen functional groups attached to an aromatic ring is 1. The number of fused-ring (bicyclic) bond motifs is 1. The molecule has 1 aromatic carbocycles. The Balaban J connectivity index is 1.66. The highest BCUT2D eigenvalue weighted by Gasteiger charge is 2.26. The van der Waals surface area contributed by atoms with E-state index in [2.05, 4.69) is 15.0 Å². The maximum absolute atomic E-state index is 12.1. The highest BCUT2D eigenvalue weighted by Crippen LogP contribution is 2.32. The first-order valence-corrected chi connectivity index (χ1v) is 10.4. The second-order valence-electron chi connectivity index (χ2n) is 5.69. The molecule has 0 saturated heterocycles. The van der Waals surface area contributed by atoms with Crippen molar-refractivity contribution in [3.63, 3.8) is 0 Å². The Kier molecular flexibility index (Phi) is 6.58. The van der Waals surface area contributed by atoms with Gasteiger partial charge in [-0.1, -0.05) is 26.4 Å². The third-order valence-corrected chi connectivity index (χ3v) is 5.51. The number of hydrogen-bond donors (Lipinski definition) is 2. The van der Waals surface area contributed by atoms with Crippen molar-refractivity contribution in [2.24, 2.45) is 0 Å². The number of rotatable bonds is 8. The molecular formula is C16H17F3N5O2PS. The van der Waals surface area contributed by atoms with Crippen LogP contribution in [0.5, 0.6) is 5.75 Å². The zero-order valence-corrected chi connectivity index (χ0v) is 16.3. The van der Waals surface area contributed by atoms with Crippen LogP contribution < -0.4 is 5.73 Å². The first kappa shape index (κ1) is 20.6. The lowest BCUT2D eigenvalue weighted by atomic mass is 10.3. The molecule has 28 heavy (non-hydrogen) atoms. The number of imidazole rings is 1. The van der Waals surface area contributed by atoms with Crippen molar-refractivity contribution >= 4 is 37.5 Å². The normalized spacial score (nSPS) is 12.4. The maximum atomic E-state index is 12.1. The number of phenolic OH excluding ortho intramolecular Hbond substituents is 1. The Bertz CT molecular complexity index is 954. The van der Waals surface area contributed by atoms with Gasteiger partial charge in [-0.3, -0.25) is 0 Å². The summed E-state index contributed by atoms with van der Waals surface area (Å²) in [6.07, 6.45) is -3.37. The number of phenols is 1. The monoisotopic (exact) mass is 431 g/mol. The molecular weight excluding hydrogens is 414 g/mol. The Morgan fingerprint density at radius 2 is 2.11 bits per heavy atom. The van der Waals surface area contributed by atoms with Gasteiger partial charge < -0.3 is 20.1 Å². The van der Waals surface area contributed by atoms with E-state index in [1.54, 1.807) is 29.1 Å². The van der Waals surface area contributed by atoms with E-state index in [-0.39, 0.29) is 33.2 Å². The highest BCUT2D eigenvalue weighted by molar-refractivity contribution is 7.99. The van der Waals surface area contributed by atoms with Crippen molar-refractivity contribution < 1.29 is 23.0 Å². The lowest BCUT2D eigenvalue weighted by Gasteiger charge is -2.08. The van der Waals surface area contributed by atoms with Gasteiger partial charge in [0.05, 0.1) is 25.4 Å². The number of anilines is 1. The fraction of sp³-hybridized carbons (Fsp3) is 0.312. The van der Waals surface area contributed by atoms with Crippen LogP contribution in [0.1, 0.15) is 0 Å². The minimum absolute atomic E-state index is 0.0574. The van der Waals surface area contributed by atoms with Crippen molar-refractivity contribution in [1.29, 1.82) is 0 Å². The minimum atomic E-state index is -4.15. The Morgan fingerprint density at radius 3 is 2.86 bits per heavy atom. The number of aromatic hydroxyl groups is 1. The van der Waals surface area contributed by atoms with Crippen LogP contribution in [-0.2, 0) is 11.3 Å². The molecule has 0 aliphatic rings. The van der Waals surface area contributed by atoms with Crippen LogP contribution in [0, 0.1) is 0 Å². The SMILES string of the molecule is Nc1nc(Sc2cccc(O)c2)c2ncn(CCOCPCC(F)(F)F)c2n1. The smallest absolute Gasteiger partial charge is 0.392 e. The average molecular weight is 431 g/mol. The van der Waals surface area contributed by atoms with Crippen LogP contribution in [0.25, 0.3) is 11.2 Å². The van der Waals surface area contributed by atoms with E-state index in [9.17, 15) is 18.3 Å². The van der Waals surface area contributed by atoms with Gasteiger partial charge in [0, 0.05) is 11.4 Å². The summed E-state index contributed by atoms with van der Waals surface area (Å²) in [5.41, 5.74) is 6.86. The Labute approximate surface area is 164 Å². The molecule has 3 N–H and O–H groups in total. The number of hydrogen-bond acceptors (Lipinski definition) is 7. The van der Waals surface area contributed by atoms with Gasteiger partial charge >= 0.3 is 6.18 Å². The maximum Gasteiger partial charge on any atom is 0.392 e. The molecule has 3 rings (SSSR count). The molecule has 0 aliphatic carbocycles. The third-order valence-electron chi connectivity index (χ3n) is 3.49. The van der Waals surface area contributed by atoms with Gasteiger partial charge in [0.25, 0.3) is 0 Å². The molecule has 0 aliphatic heterocycles. The van der Waals surface area contributed by atoms with E-state index in [1.807, 2.05) is 6.07 Å². The van der Waals surface area contributed by atoms with E-state index in [0.29, 0.717) is 22.7 Å². The molecule has 0 amide bonds. The number of ether oxygens (including phenoxy) is 1. The van der Waals surface area contributed by atoms with E-state index in [4.69, 9.17) is 10.5 Å². The molecule has 3 aromatic rings. The molecule has 2 heterocycles. The number of benzene rings is 1. The number of alkyl halides is 3. The molecule has 0 fully saturated rings. The van der Waals surface area contributed by atoms with Crippen molar-refractivity contribution in [3.05, 3.63) is 30.6 Å². The van der Waals surface area contributed by atoms with Crippen molar-refractivity contribution in [1.82, 2.24) is 19.5 Å². The zero-order chi connectivity index (χ0) is 20.1. The lowest BCUT2D eigenvalue weighted by molar-refractivity contribution is -0.106. The quantitative estimate of drug-likeness (QED) is 0.320. The van der Waals surface area contributed by atoms with Gasteiger partial charge in [0.15, 0.2) is 5.65 Å². The Hall–Kier alpha value is -2.10. The van der Waals surface area contributed by atoms with Gasteiger partial charge in [-0.2, -0.15) is 18.2 Å². The molecule has 12 heteroatoms. The number of nitrogens with two attached hydrogens (primary N) is 1. The van der Waals surface area contributed by atoms with Gasteiger partial charge in [0.2, 0.25) is 5.95 Å². The third kappa shape index (κ3) is 5.70. The fourth-order valence-electron chi connectivity index (χ4n) is 2.33. The first-order chi connectivity index (χ1) is 13.3. The number of nitrogens with zero attached hydrogens (tertiary/aromatic N) is 4. The predicted molar refractivity (Wildman–Crippen MR) is 102 cm³/mol. The summed E-state index contributed by atoms with van der Waals surface area (Å²) in [5.74, 6) is 0.210. The van der Waals surface area contributed by atoms with Crippen LogP contribution in [-0.4, -0.2) is 49.9 Å². The van der Waals surface area contributed by atoms with Gasteiger partial charge in [-0.05, 0) is 18.2 Å². The summed E-state index contributed by atoms with van der Waals surface area (Å²) in [6.45, 7) is 0.606. The largest absolute Gasteiger partial charge is 0.508 e. The van der Waals surface area contributed by atoms with Gasteiger partial charge in [-0.25, -0.2) is 9.97 Å². The van der Waals surface area contributed by atoms with Gasteiger partial charge in [-0.15, -0.1) is 0 Å². The predicted octanol–water partition coefficient (Wildman–Crippen LogP) is 3.48. The molecule has 0 saturated carbocycles. The van der Waals surface area contributed by atoms with Crippen molar-refractivity contribution in [2.75, 3.05) is 24.9 Å². The fourth-order valence-corrected chi connectivity index (χ4v) is 3.93. The van der Waals surface area contributed by atoms with Crippen molar-refractivity contribution in [3.8, 4) is 5.75 Å². The lowest BCUT2D eigenvalue weighted by Crippen LogP contribution is -2.11. The minimum Gasteiger partial charge on any atom is -0.508 e. The number of aromatic nitrogens is 4. The second-order valence-corrected chi connectivity index (χ2v) is 7.90. The van der Waals surface area contributed by atoms with Crippen LogP contribution in [0.3, 0.4) is 0 Å². The molecule has 150 valence electrons. The van der Waals surface area contributed by atoms with E-state index in [0.717, 1.165) is 4.90 Å². The summed E-state index contributed by atoms with van der Waals surface area (Å²) in [7, 11) is -0.323. The van der Waals surface area contributed by atoms with Gasteiger partial charge in [0.1, 0.15) is 16.3 Å². The summed E-state index contributed by atoms with van der Waals surface area (Å²) < 4.78 is 43.3. The van der Waals surface area contributed by atoms with E-state index in [1.165, 1.54) is 11.8 Å². The summed E-state index contributed by atoms with van der Waals surface area (Å²) >= 11 is 1.29. The molecule has 7 nitrogen and oxygen atoms in total. The molecule has 0 bridgehead atoms. The zero-order valence-electron chi connectivity index (χ0n) is 14.5. The first-order valence-electron chi connectivity index (χ1n) is 8.12. The summed E-state index contributed by atoms with van der Waals surface area (Å²) in [4.78, 5) is 13.5. The molecule has 2 aromatic heterocycles. The highest BCUT2D eigenvalue weighted by atomic mass is 32.2. The summed E-state index contributed by atoms with van der Waals surface area (Å²) in [6, 6.07) is 6.70. The van der Waals surface area contributed by atoms with Crippen LogP contribution in [0.15, 0.2) is 40.5 Å². The average Bonchev–Trinajstić information content (AvgIpc) is 3.00. The van der Waals surface area contributed by atoms with E-state index < -0.39 is 12.3 Å². The van der Waals surface area contributed by atoms with Crippen LogP contribution in [0.2, 0.25) is 0 Å². The van der Waals surface area contributed by atoms with Crippen molar-refractivity contribution in [2.45, 2.75) is 22.6 Å². The standard InChI is InChI=1S/C16H17F3N5O2PS/c17-16(18,19)7-27-9-26-5-4-24-8-21-12-13(24)22-15(20)23-14(12)28-11-3-1-2-10(25)6-11/h1-3,6,8,25,27H,4-5,7,9H2,(H2,20,22,23). The molecule has 1 atom stereocenters. The van der Waals surface area contributed by atoms with Crippen LogP contribution >= 0.6 is 20.3 Å². The summed E-state index contributed by atoms with van der Waals surface area (Å²) in [5, 5.41) is 10.1. The second kappa shape index (κ2) is 8.93. The molecule has 0 spiro atoms. The Morgan fingerprint density at radius 1 is 1.29 bits per heavy atom. The molecule has 1 unspecified atom stereocenters. The van der Waals surface area contributed by atoms with Crippen LogP contribution in [0.4, 0.5) is 19.1 Å². The van der Waals surface area contributed by atoms with E-state index >= 15 is 0 Å². The topological polar surface area (TPSA) is 99.1 Å². The number of halogens is 3.